The molecule has 0 spiro atoms. The van der Waals surface area contributed by atoms with Gasteiger partial charge in [-0.2, -0.15) is 0 Å². The highest BCUT2D eigenvalue weighted by Crippen LogP contribution is 2.23. The molecule has 2 aromatic rings. The van der Waals surface area contributed by atoms with Gasteiger partial charge in [0.05, 0.1) is 4.90 Å². The number of nitrogens with zero attached hydrogens (tertiary/aromatic N) is 3. The summed E-state index contributed by atoms with van der Waals surface area (Å²) in [5, 5.41) is 0.714. The predicted molar refractivity (Wildman–Crippen MR) is 93.1 cm³/mol. The van der Waals surface area contributed by atoms with Gasteiger partial charge < -0.3 is 0 Å². The molecule has 0 bridgehead atoms. The maximum Gasteiger partial charge on any atom is 0.242 e. The molecule has 7 heteroatoms. The zero-order chi connectivity index (χ0) is 17.2. The van der Waals surface area contributed by atoms with E-state index in [2.05, 4.69) is 9.97 Å². The number of aryl methyl sites for hydroxylation is 2. The second kappa shape index (κ2) is 6.98. The van der Waals surface area contributed by atoms with Crippen LogP contribution in [0, 0.1) is 20.8 Å². The molecule has 5 nitrogen and oxygen atoms in total. The Kier molecular flexibility index (Phi) is 5.44. The third kappa shape index (κ3) is 4.10. The van der Waals surface area contributed by atoms with Crippen molar-refractivity contribution in [2.45, 2.75) is 36.6 Å². The van der Waals surface area contributed by atoms with Crippen molar-refractivity contribution >= 4 is 21.8 Å². The SMILES string of the molecule is Cc1nc(SCc2cccc(S(=O)(=O)N(C)C)c2)nc(C)c1C. The fourth-order valence-corrected chi connectivity index (χ4v) is 3.81. The summed E-state index contributed by atoms with van der Waals surface area (Å²) in [6.07, 6.45) is 0. The molecule has 0 amide bonds. The number of benzene rings is 1. The molecule has 0 aliphatic heterocycles. The summed E-state index contributed by atoms with van der Waals surface area (Å²) < 4.78 is 25.6. The molecule has 0 saturated heterocycles. The lowest BCUT2D eigenvalue weighted by Gasteiger charge is -2.12. The lowest BCUT2D eigenvalue weighted by Crippen LogP contribution is -2.22. The van der Waals surface area contributed by atoms with Crippen LogP contribution in [0.2, 0.25) is 0 Å². The number of thioether (sulfide) groups is 1. The summed E-state index contributed by atoms with van der Waals surface area (Å²) in [5.41, 5.74) is 3.98. The summed E-state index contributed by atoms with van der Waals surface area (Å²) in [5.74, 6) is 0.624. The summed E-state index contributed by atoms with van der Waals surface area (Å²) in [4.78, 5) is 9.25. The van der Waals surface area contributed by atoms with Gasteiger partial charge in [0.25, 0.3) is 0 Å². The van der Waals surface area contributed by atoms with Crippen molar-refractivity contribution in [2.75, 3.05) is 14.1 Å². The van der Waals surface area contributed by atoms with Crippen LogP contribution >= 0.6 is 11.8 Å². The minimum Gasteiger partial charge on any atom is -0.228 e. The number of rotatable bonds is 5. The first-order valence-electron chi connectivity index (χ1n) is 7.18. The molecule has 0 unspecified atom stereocenters. The Labute approximate surface area is 142 Å². The molecule has 2 rings (SSSR count). The molecule has 1 aromatic heterocycles. The van der Waals surface area contributed by atoms with Crippen LogP contribution < -0.4 is 0 Å². The van der Waals surface area contributed by atoms with Crippen molar-refractivity contribution < 1.29 is 8.42 Å². The fourth-order valence-electron chi connectivity index (χ4n) is 1.96. The van der Waals surface area contributed by atoms with E-state index in [4.69, 9.17) is 0 Å². The number of sulfonamides is 1. The van der Waals surface area contributed by atoms with E-state index in [1.54, 1.807) is 18.2 Å². The Morgan fingerprint density at radius 1 is 1.09 bits per heavy atom. The highest BCUT2D eigenvalue weighted by Gasteiger charge is 2.17. The average molecular weight is 351 g/mol. The van der Waals surface area contributed by atoms with Crippen LogP contribution in [-0.4, -0.2) is 36.8 Å². The van der Waals surface area contributed by atoms with Crippen LogP contribution in [0.4, 0.5) is 0 Å². The van der Waals surface area contributed by atoms with E-state index >= 15 is 0 Å². The molecule has 0 fully saturated rings. The van der Waals surface area contributed by atoms with Crippen molar-refractivity contribution in [2.24, 2.45) is 0 Å². The molecule has 0 aliphatic carbocycles. The maximum atomic E-state index is 12.2. The summed E-state index contributed by atoms with van der Waals surface area (Å²) in [6.45, 7) is 5.95. The maximum absolute atomic E-state index is 12.2. The van der Waals surface area contributed by atoms with Gasteiger partial charge in [0, 0.05) is 31.2 Å². The van der Waals surface area contributed by atoms with Crippen LogP contribution in [0.15, 0.2) is 34.3 Å². The molecule has 1 aromatic carbocycles. The zero-order valence-electron chi connectivity index (χ0n) is 14.0. The predicted octanol–water partition coefficient (Wildman–Crippen LogP) is 2.94. The Hall–Kier alpha value is -1.44. The number of aromatic nitrogens is 2. The summed E-state index contributed by atoms with van der Waals surface area (Å²) in [6, 6.07) is 6.99. The highest BCUT2D eigenvalue weighted by molar-refractivity contribution is 7.98. The number of hydrogen-bond acceptors (Lipinski definition) is 5. The van der Waals surface area contributed by atoms with E-state index in [0.717, 1.165) is 22.5 Å². The van der Waals surface area contributed by atoms with E-state index < -0.39 is 10.0 Å². The van der Waals surface area contributed by atoms with Crippen LogP contribution in [0.1, 0.15) is 22.5 Å². The fraction of sp³-hybridized carbons (Fsp3) is 0.375. The summed E-state index contributed by atoms with van der Waals surface area (Å²) in [7, 11) is -0.348. The van der Waals surface area contributed by atoms with E-state index in [1.807, 2.05) is 26.8 Å². The third-order valence-electron chi connectivity index (χ3n) is 3.66. The van der Waals surface area contributed by atoms with Crippen LogP contribution in [0.25, 0.3) is 0 Å². The molecular formula is C16H21N3O2S2. The second-order valence-electron chi connectivity index (χ2n) is 5.53. The molecule has 0 N–H and O–H groups in total. The topological polar surface area (TPSA) is 63.2 Å². The third-order valence-corrected chi connectivity index (χ3v) is 6.39. The highest BCUT2D eigenvalue weighted by atomic mass is 32.2. The van der Waals surface area contributed by atoms with Crippen molar-refractivity contribution in [1.82, 2.24) is 14.3 Å². The molecule has 0 atom stereocenters. The molecule has 0 aliphatic rings. The minimum absolute atomic E-state index is 0.304. The van der Waals surface area contributed by atoms with Gasteiger partial charge in [0.1, 0.15) is 0 Å². The van der Waals surface area contributed by atoms with Crippen LogP contribution in [0.3, 0.4) is 0 Å². The monoisotopic (exact) mass is 351 g/mol. The molecule has 23 heavy (non-hydrogen) atoms. The first-order chi connectivity index (χ1) is 10.7. The van der Waals surface area contributed by atoms with Gasteiger partial charge in [-0.3, -0.25) is 0 Å². The second-order valence-corrected chi connectivity index (χ2v) is 8.62. The van der Waals surface area contributed by atoms with Crippen LogP contribution in [0.5, 0.6) is 0 Å². The molecular weight excluding hydrogens is 330 g/mol. The minimum atomic E-state index is -3.41. The average Bonchev–Trinajstić information content (AvgIpc) is 2.50. The van der Waals surface area contributed by atoms with Crippen molar-refractivity contribution in [3.8, 4) is 0 Å². The van der Waals surface area contributed by atoms with E-state index in [9.17, 15) is 8.42 Å². The molecule has 124 valence electrons. The first-order valence-corrected chi connectivity index (χ1v) is 9.60. The Bertz CT molecular complexity index is 795. The molecule has 0 radical (unpaired) electrons. The van der Waals surface area contributed by atoms with Crippen molar-refractivity contribution in [1.29, 1.82) is 0 Å². The van der Waals surface area contributed by atoms with Gasteiger partial charge >= 0.3 is 0 Å². The Morgan fingerprint density at radius 2 is 1.70 bits per heavy atom. The molecule has 1 heterocycles. The zero-order valence-corrected chi connectivity index (χ0v) is 15.6. The van der Waals surface area contributed by atoms with Gasteiger partial charge in [0.2, 0.25) is 10.0 Å². The standard InChI is InChI=1S/C16H21N3O2S2/c1-11-12(2)17-16(18-13(11)3)22-10-14-7-6-8-15(9-14)23(20,21)19(4)5/h6-9H,10H2,1-5H3. The lowest BCUT2D eigenvalue weighted by molar-refractivity contribution is 0.520. The molecule has 0 saturated carbocycles. The van der Waals surface area contributed by atoms with Crippen molar-refractivity contribution in [3.05, 3.63) is 46.8 Å². The largest absolute Gasteiger partial charge is 0.242 e. The van der Waals surface area contributed by atoms with E-state index in [0.29, 0.717) is 15.8 Å². The number of hydrogen-bond donors (Lipinski definition) is 0. The Balaban J connectivity index is 2.19. The van der Waals surface area contributed by atoms with Crippen LogP contribution in [-0.2, 0) is 15.8 Å². The lowest BCUT2D eigenvalue weighted by atomic mass is 10.2. The van der Waals surface area contributed by atoms with Gasteiger partial charge in [-0.25, -0.2) is 22.7 Å². The quantitative estimate of drug-likeness (QED) is 0.612. The first kappa shape index (κ1) is 17.9. The van der Waals surface area contributed by atoms with E-state index in [1.165, 1.54) is 30.2 Å². The Morgan fingerprint density at radius 3 is 2.26 bits per heavy atom. The van der Waals surface area contributed by atoms with Gasteiger partial charge in [-0.05, 0) is 44.0 Å². The van der Waals surface area contributed by atoms with Gasteiger partial charge in [0.15, 0.2) is 5.16 Å². The van der Waals surface area contributed by atoms with E-state index in [-0.39, 0.29) is 0 Å². The smallest absolute Gasteiger partial charge is 0.228 e. The summed E-state index contributed by atoms with van der Waals surface area (Å²) >= 11 is 1.51. The van der Waals surface area contributed by atoms with Crippen molar-refractivity contribution in [3.63, 3.8) is 0 Å². The van der Waals surface area contributed by atoms with Gasteiger partial charge in [-0.1, -0.05) is 23.9 Å². The van der Waals surface area contributed by atoms with Gasteiger partial charge in [-0.15, -0.1) is 0 Å². The normalized spacial score (nSPS) is 11.9.